The molecule has 1 fully saturated rings. The van der Waals surface area contributed by atoms with Gasteiger partial charge < -0.3 is 9.88 Å². The predicted molar refractivity (Wildman–Crippen MR) is 95.0 cm³/mol. The van der Waals surface area contributed by atoms with Crippen LogP contribution in [0.1, 0.15) is 23.0 Å². The highest BCUT2D eigenvalue weighted by Crippen LogP contribution is 2.29. The molecular weight excluding hydrogens is 338 g/mol. The van der Waals surface area contributed by atoms with Gasteiger partial charge in [0.05, 0.1) is 6.04 Å². The van der Waals surface area contributed by atoms with Gasteiger partial charge in [-0.1, -0.05) is 24.3 Å². The fraction of sp³-hybridized carbons (Fsp3) is 0.471. The Bertz CT molecular complexity index is 863. The molecule has 4 rings (SSSR count). The molecule has 25 heavy (non-hydrogen) atoms. The Labute approximate surface area is 148 Å². The van der Waals surface area contributed by atoms with Gasteiger partial charge in [-0.25, -0.2) is 4.98 Å². The van der Waals surface area contributed by atoms with Crippen LogP contribution in [-0.2, 0) is 30.2 Å². The third-order valence-electron chi connectivity index (χ3n) is 5.07. The Morgan fingerprint density at radius 2 is 2.00 bits per heavy atom. The van der Waals surface area contributed by atoms with Crippen molar-refractivity contribution < 1.29 is 8.42 Å². The van der Waals surface area contributed by atoms with Gasteiger partial charge in [0, 0.05) is 52.2 Å². The van der Waals surface area contributed by atoms with Crippen molar-refractivity contribution in [1.82, 2.24) is 23.5 Å². The van der Waals surface area contributed by atoms with Crippen molar-refractivity contribution in [3.05, 3.63) is 53.6 Å². The second kappa shape index (κ2) is 6.53. The van der Waals surface area contributed by atoms with Crippen molar-refractivity contribution in [3.8, 4) is 0 Å². The van der Waals surface area contributed by atoms with Crippen molar-refractivity contribution in [2.75, 3.05) is 26.2 Å². The molecule has 0 amide bonds. The maximum absolute atomic E-state index is 13.4. The lowest BCUT2D eigenvalue weighted by molar-refractivity contribution is 0.232. The topological polar surface area (TPSA) is 70.5 Å². The SMILES string of the molecule is Cn1ccnc1C1CNCCN1S(=O)(=O)N1CCc2ccccc2C1. The lowest BCUT2D eigenvalue weighted by Crippen LogP contribution is -2.54. The van der Waals surface area contributed by atoms with E-state index in [1.54, 1.807) is 14.8 Å². The van der Waals surface area contributed by atoms with Crippen LogP contribution in [0.3, 0.4) is 0 Å². The largest absolute Gasteiger partial charge is 0.337 e. The lowest BCUT2D eigenvalue weighted by atomic mass is 10.0. The van der Waals surface area contributed by atoms with Gasteiger partial charge in [-0.05, 0) is 17.5 Å². The molecule has 0 spiro atoms. The number of fused-ring (bicyclic) bond motifs is 1. The van der Waals surface area contributed by atoms with E-state index in [1.165, 1.54) is 5.56 Å². The van der Waals surface area contributed by atoms with E-state index in [0.29, 0.717) is 32.7 Å². The van der Waals surface area contributed by atoms with E-state index in [-0.39, 0.29) is 6.04 Å². The molecule has 2 aliphatic heterocycles. The number of benzene rings is 1. The number of aryl methyl sites for hydroxylation is 1. The van der Waals surface area contributed by atoms with Crippen LogP contribution in [0, 0.1) is 0 Å². The molecule has 2 aliphatic rings. The van der Waals surface area contributed by atoms with Crippen molar-refractivity contribution in [2.24, 2.45) is 7.05 Å². The van der Waals surface area contributed by atoms with Crippen molar-refractivity contribution in [3.63, 3.8) is 0 Å². The van der Waals surface area contributed by atoms with E-state index < -0.39 is 10.2 Å². The van der Waals surface area contributed by atoms with Crippen LogP contribution in [0.25, 0.3) is 0 Å². The zero-order valence-corrected chi connectivity index (χ0v) is 15.1. The Balaban J connectivity index is 1.63. The number of nitrogens with one attached hydrogen (secondary N) is 1. The van der Waals surface area contributed by atoms with E-state index in [4.69, 9.17) is 0 Å². The summed E-state index contributed by atoms with van der Waals surface area (Å²) in [7, 11) is -1.64. The lowest BCUT2D eigenvalue weighted by Gasteiger charge is -2.39. The number of hydrogen-bond acceptors (Lipinski definition) is 4. The molecular formula is C17H23N5O2S. The second-order valence-corrected chi connectivity index (χ2v) is 8.47. The van der Waals surface area contributed by atoms with E-state index >= 15 is 0 Å². The standard InChI is InChI=1S/C17H23N5O2S/c1-20-10-8-19-17(20)16-12-18-7-11-22(16)25(23,24)21-9-6-14-4-2-3-5-15(14)13-21/h2-5,8,10,16,18H,6-7,9,11-13H2,1H3. The van der Waals surface area contributed by atoms with Crippen molar-refractivity contribution in [1.29, 1.82) is 0 Å². The van der Waals surface area contributed by atoms with Gasteiger partial charge in [0.25, 0.3) is 10.2 Å². The van der Waals surface area contributed by atoms with E-state index in [0.717, 1.165) is 17.8 Å². The summed E-state index contributed by atoms with van der Waals surface area (Å²) in [4.78, 5) is 4.38. The van der Waals surface area contributed by atoms with Crippen LogP contribution in [0.5, 0.6) is 0 Å². The minimum atomic E-state index is -3.55. The number of aromatic nitrogens is 2. The molecule has 1 unspecified atom stereocenters. The molecule has 1 saturated heterocycles. The number of imidazole rings is 1. The highest BCUT2D eigenvalue weighted by atomic mass is 32.2. The van der Waals surface area contributed by atoms with Gasteiger partial charge in [-0.2, -0.15) is 17.0 Å². The summed E-state index contributed by atoms with van der Waals surface area (Å²) in [5.41, 5.74) is 2.34. The first-order valence-corrected chi connectivity index (χ1v) is 9.98. The van der Waals surface area contributed by atoms with Gasteiger partial charge in [-0.3, -0.25) is 0 Å². The fourth-order valence-electron chi connectivity index (χ4n) is 3.70. The summed E-state index contributed by atoms with van der Waals surface area (Å²) in [6.07, 6.45) is 4.33. The number of piperazine rings is 1. The molecule has 0 aliphatic carbocycles. The Kier molecular flexibility index (Phi) is 4.36. The second-order valence-electron chi connectivity index (χ2n) is 6.59. The Morgan fingerprint density at radius 3 is 2.76 bits per heavy atom. The molecule has 2 aromatic rings. The number of hydrogen-bond donors (Lipinski definition) is 1. The first-order valence-electron chi connectivity index (χ1n) is 8.59. The summed E-state index contributed by atoms with van der Waals surface area (Å²) in [5, 5.41) is 3.29. The van der Waals surface area contributed by atoms with Crippen molar-refractivity contribution in [2.45, 2.75) is 19.0 Å². The molecule has 1 N–H and O–H groups in total. The van der Waals surface area contributed by atoms with Gasteiger partial charge in [0.1, 0.15) is 5.82 Å². The van der Waals surface area contributed by atoms with Crippen LogP contribution in [0.2, 0.25) is 0 Å². The van der Waals surface area contributed by atoms with Crippen LogP contribution in [-0.4, -0.2) is 52.8 Å². The molecule has 0 bridgehead atoms. The summed E-state index contributed by atoms with van der Waals surface area (Å²) >= 11 is 0. The number of rotatable bonds is 3. The van der Waals surface area contributed by atoms with Crippen LogP contribution >= 0.6 is 0 Å². The molecule has 8 heteroatoms. The van der Waals surface area contributed by atoms with E-state index in [9.17, 15) is 8.42 Å². The van der Waals surface area contributed by atoms with Gasteiger partial charge in [0.15, 0.2) is 0 Å². The van der Waals surface area contributed by atoms with Crippen LogP contribution < -0.4 is 5.32 Å². The van der Waals surface area contributed by atoms with Crippen LogP contribution in [0.15, 0.2) is 36.7 Å². The predicted octanol–water partition coefficient (Wildman–Crippen LogP) is 0.670. The first-order chi connectivity index (χ1) is 12.1. The van der Waals surface area contributed by atoms with E-state index in [1.807, 2.05) is 36.0 Å². The normalized spacial score (nSPS) is 22.7. The maximum atomic E-state index is 13.4. The molecule has 0 saturated carbocycles. The highest BCUT2D eigenvalue weighted by molar-refractivity contribution is 7.86. The Hall–Kier alpha value is -1.74. The fourth-order valence-corrected chi connectivity index (χ4v) is 5.43. The highest BCUT2D eigenvalue weighted by Gasteiger charge is 2.39. The maximum Gasteiger partial charge on any atom is 0.283 e. The smallest absolute Gasteiger partial charge is 0.283 e. The zero-order chi connectivity index (χ0) is 17.4. The molecule has 7 nitrogen and oxygen atoms in total. The minimum absolute atomic E-state index is 0.282. The molecule has 1 aromatic heterocycles. The minimum Gasteiger partial charge on any atom is -0.337 e. The molecule has 1 aromatic carbocycles. The average molecular weight is 361 g/mol. The average Bonchev–Trinajstić information content (AvgIpc) is 3.07. The quantitative estimate of drug-likeness (QED) is 0.872. The summed E-state index contributed by atoms with van der Waals surface area (Å²) in [6, 6.07) is 7.80. The first kappa shape index (κ1) is 16.7. The van der Waals surface area contributed by atoms with Gasteiger partial charge in [-0.15, -0.1) is 0 Å². The molecule has 1 atom stereocenters. The third kappa shape index (κ3) is 2.99. The van der Waals surface area contributed by atoms with Gasteiger partial charge in [0.2, 0.25) is 0 Å². The number of nitrogens with zero attached hydrogens (tertiary/aromatic N) is 4. The Morgan fingerprint density at radius 1 is 1.20 bits per heavy atom. The molecule has 0 radical (unpaired) electrons. The van der Waals surface area contributed by atoms with E-state index in [2.05, 4.69) is 16.4 Å². The monoisotopic (exact) mass is 361 g/mol. The van der Waals surface area contributed by atoms with Crippen molar-refractivity contribution >= 4 is 10.2 Å². The van der Waals surface area contributed by atoms with Gasteiger partial charge >= 0.3 is 0 Å². The summed E-state index contributed by atoms with van der Waals surface area (Å²) in [5.74, 6) is 0.771. The third-order valence-corrected chi connectivity index (χ3v) is 7.06. The summed E-state index contributed by atoms with van der Waals surface area (Å²) in [6.45, 7) is 2.66. The molecule has 134 valence electrons. The molecule has 3 heterocycles. The zero-order valence-electron chi connectivity index (χ0n) is 14.3. The van der Waals surface area contributed by atoms with Crippen LogP contribution in [0.4, 0.5) is 0 Å². The summed E-state index contributed by atoms with van der Waals surface area (Å²) < 4.78 is 31.8.